The van der Waals surface area contributed by atoms with E-state index in [0.717, 1.165) is 0 Å². The van der Waals surface area contributed by atoms with Crippen molar-refractivity contribution in [1.82, 2.24) is 9.99 Å². The molecule has 1 aromatic rings. The van der Waals surface area contributed by atoms with Gasteiger partial charge in [0.1, 0.15) is 30.1 Å². The summed E-state index contributed by atoms with van der Waals surface area (Å²) >= 11 is 0. The van der Waals surface area contributed by atoms with E-state index >= 15 is 0 Å². The van der Waals surface area contributed by atoms with Gasteiger partial charge in [-0.3, -0.25) is 14.1 Å². The van der Waals surface area contributed by atoms with E-state index in [9.17, 15) is 24.4 Å². The summed E-state index contributed by atoms with van der Waals surface area (Å²) in [5.74, 6) is -1.06. The van der Waals surface area contributed by atoms with Gasteiger partial charge in [0, 0.05) is 18.0 Å². The quantitative estimate of drug-likeness (QED) is 0.241. The Kier molecular flexibility index (Phi) is 9.29. The van der Waals surface area contributed by atoms with Crippen LogP contribution in [-0.2, 0) is 28.2 Å². The monoisotopic (exact) mass is 525 g/mol. The van der Waals surface area contributed by atoms with Gasteiger partial charge in [-0.2, -0.15) is 5.09 Å². The molecule has 36 heavy (non-hydrogen) atoms. The van der Waals surface area contributed by atoms with Crippen LogP contribution in [0.4, 0.5) is 0 Å². The van der Waals surface area contributed by atoms with Gasteiger partial charge in [0.15, 0.2) is 6.23 Å². The molecule has 0 spiro atoms. The van der Waals surface area contributed by atoms with Crippen molar-refractivity contribution in [3.63, 3.8) is 0 Å². The molecule has 1 aromatic carbocycles. The number of aliphatic hydroxyl groups is 2. The number of allylic oxidation sites excluding steroid dienone is 1. The van der Waals surface area contributed by atoms with Crippen LogP contribution in [-0.4, -0.2) is 70.3 Å². The summed E-state index contributed by atoms with van der Waals surface area (Å²) in [6, 6.07) is 7.14. The molecular weight excluding hydrogens is 493 g/mol. The number of rotatable bonds is 11. The van der Waals surface area contributed by atoms with Crippen molar-refractivity contribution in [2.24, 2.45) is 5.73 Å². The summed E-state index contributed by atoms with van der Waals surface area (Å²) < 4.78 is 35.6. The molecule has 1 saturated heterocycles. The molecule has 0 radical (unpaired) electrons. The number of esters is 1. The van der Waals surface area contributed by atoms with Crippen LogP contribution in [0.1, 0.15) is 27.2 Å². The van der Waals surface area contributed by atoms with Gasteiger partial charge in [0.05, 0.1) is 12.7 Å². The highest BCUT2D eigenvalue weighted by Crippen LogP contribution is 2.45. The van der Waals surface area contributed by atoms with Gasteiger partial charge in [0.25, 0.3) is 0 Å². The fraction of sp³-hybridized carbons (Fsp3) is 0.478. The van der Waals surface area contributed by atoms with Gasteiger partial charge < -0.3 is 34.8 Å². The Morgan fingerprint density at radius 3 is 2.56 bits per heavy atom. The number of primary amides is 1. The number of hydrogen-bond donors (Lipinski definition) is 4. The number of ether oxygens (including phenoxy) is 2. The first-order valence-electron chi connectivity index (χ1n) is 11.4. The highest BCUT2D eigenvalue weighted by molar-refractivity contribution is 7.52. The van der Waals surface area contributed by atoms with Crippen molar-refractivity contribution < 1.29 is 42.9 Å². The van der Waals surface area contributed by atoms with Crippen LogP contribution in [0.25, 0.3) is 0 Å². The van der Waals surface area contributed by atoms with Crippen LogP contribution in [0.3, 0.4) is 0 Å². The van der Waals surface area contributed by atoms with Gasteiger partial charge >= 0.3 is 13.7 Å². The molecule has 1 unspecified atom stereocenters. The van der Waals surface area contributed by atoms with Crippen LogP contribution in [0.15, 0.2) is 54.4 Å². The number of nitrogens with zero attached hydrogens (tertiary/aromatic N) is 1. The summed E-state index contributed by atoms with van der Waals surface area (Å²) in [7, 11) is -4.19. The molecule has 0 aromatic heterocycles. The molecule has 12 nitrogen and oxygen atoms in total. The molecule has 3 rings (SSSR count). The second kappa shape index (κ2) is 12.0. The maximum atomic E-state index is 13.6. The van der Waals surface area contributed by atoms with E-state index in [0.29, 0.717) is 12.0 Å². The van der Waals surface area contributed by atoms with Crippen molar-refractivity contribution in [1.29, 1.82) is 0 Å². The lowest BCUT2D eigenvalue weighted by Gasteiger charge is -2.28. The average Bonchev–Trinajstić information content (AvgIpc) is 3.11. The molecule has 2 aliphatic rings. The van der Waals surface area contributed by atoms with Crippen LogP contribution >= 0.6 is 7.75 Å². The van der Waals surface area contributed by atoms with Crippen LogP contribution in [0, 0.1) is 0 Å². The topological polar surface area (TPSA) is 170 Å². The number of hydrogen-bond acceptors (Lipinski definition) is 10. The maximum absolute atomic E-state index is 13.6. The molecule has 2 heterocycles. The third-order valence-electron chi connectivity index (χ3n) is 5.30. The lowest BCUT2D eigenvalue weighted by atomic mass is 10.1. The molecule has 2 aliphatic heterocycles. The summed E-state index contributed by atoms with van der Waals surface area (Å²) in [6.45, 7) is 4.35. The summed E-state index contributed by atoms with van der Waals surface area (Å²) in [6.07, 6.45) is -0.339. The van der Waals surface area contributed by atoms with E-state index < -0.39 is 56.8 Å². The first-order chi connectivity index (χ1) is 17.0. The Bertz CT molecular complexity index is 1030. The zero-order valence-corrected chi connectivity index (χ0v) is 21.1. The summed E-state index contributed by atoms with van der Waals surface area (Å²) in [5, 5.41) is 23.6. The Morgan fingerprint density at radius 1 is 1.22 bits per heavy atom. The van der Waals surface area contributed by atoms with Gasteiger partial charge in [-0.1, -0.05) is 24.3 Å². The SMILES string of the molecule is CC(C)OC(=O)[C@H](C)NP(=O)(OC[C@H]1O[C@H](N2C=CCC(C(N)=O)=C2)[C@H](O)[C@@H]1O)Oc1ccccc1. The number of benzene rings is 1. The molecule has 0 saturated carbocycles. The Morgan fingerprint density at radius 2 is 1.92 bits per heavy atom. The zero-order chi connectivity index (χ0) is 26.5. The molecule has 5 N–H and O–H groups in total. The molecule has 6 atom stereocenters. The van der Waals surface area contributed by atoms with Crippen molar-refractivity contribution >= 4 is 19.6 Å². The normalized spacial score (nSPS) is 26.3. The highest BCUT2D eigenvalue weighted by atomic mass is 31.2. The van der Waals surface area contributed by atoms with E-state index in [1.165, 1.54) is 18.0 Å². The number of aliphatic hydroxyl groups excluding tert-OH is 2. The van der Waals surface area contributed by atoms with Gasteiger partial charge in [-0.15, -0.1) is 0 Å². The number of para-hydroxylation sites is 1. The second-order valence-corrected chi connectivity index (χ2v) is 10.3. The lowest BCUT2D eigenvalue weighted by Crippen LogP contribution is -2.40. The standard InChI is InChI=1S/C23H32N3O9P/c1-14(2)33-23(30)15(3)25-36(31,35-17-9-5-4-6-10-17)32-13-18-19(27)20(28)22(34-18)26-11-7-8-16(12-26)21(24)29/h4-7,9-12,14-15,18-20,22,27-28H,8,13H2,1-3H3,(H2,24,29)(H,25,31)/t15-,18+,19+,20+,22-,36?/m0/s1. The third-order valence-corrected chi connectivity index (χ3v) is 6.95. The van der Waals surface area contributed by atoms with Crippen LogP contribution < -0.4 is 15.3 Å². The second-order valence-electron chi connectivity index (χ2n) is 8.63. The van der Waals surface area contributed by atoms with Crippen LogP contribution in [0.2, 0.25) is 0 Å². The summed E-state index contributed by atoms with van der Waals surface area (Å²) in [5.41, 5.74) is 5.64. The molecule has 1 amide bonds. The van der Waals surface area contributed by atoms with E-state index in [-0.39, 0.29) is 11.9 Å². The predicted octanol–water partition coefficient (Wildman–Crippen LogP) is 1.16. The molecule has 198 valence electrons. The van der Waals surface area contributed by atoms with Crippen molar-refractivity contribution in [2.45, 2.75) is 63.9 Å². The van der Waals surface area contributed by atoms with Crippen molar-refractivity contribution in [3.05, 3.63) is 54.4 Å². The number of nitrogens with one attached hydrogen (secondary N) is 1. The molecule has 0 bridgehead atoms. The van der Waals surface area contributed by atoms with E-state index in [1.807, 2.05) is 0 Å². The molecular formula is C23H32N3O9P. The lowest BCUT2D eigenvalue weighted by molar-refractivity contribution is -0.149. The minimum atomic E-state index is -4.19. The first kappa shape index (κ1) is 27.9. The minimum absolute atomic E-state index is 0.214. The number of nitrogens with two attached hydrogens (primary N) is 1. The maximum Gasteiger partial charge on any atom is 0.459 e. The summed E-state index contributed by atoms with van der Waals surface area (Å²) in [4.78, 5) is 25.2. The molecule has 0 aliphatic carbocycles. The van der Waals surface area contributed by atoms with Crippen molar-refractivity contribution in [2.75, 3.05) is 6.61 Å². The zero-order valence-electron chi connectivity index (χ0n) is 20.2. The van der Waals surface area contributed by atoms with Gasteiger partial charge in [-0.25, -0.2) is 4.57 Å². The minimum Gasteiger partial charge on any atom is -0.462 e. The smallest absolute Gasteiger partial charge is 0.459 e. The highest BCUT2D eigenvalue weighted by Gasteiger charge is 2.46. The number of amides is 1. The fourth-order valence-corrected chi connectivity index (χ4v) is 5.02. The van der Waals surface area contributed by atoms with E-state index in [1.54, 1.807) is 56.5 Å². The van der Waals surface area contributed by atoms with Gasteiger partial charge in [-0.05, 0) is 39.3 Å². The fourth-order valence-electron chi connectivity index (χ4n) is 3.52. The Balaban J connectivity index is 1.72. The third kappa shape index (κ3) is 7.16. The Hall–Kier alpha value is -2.73. The van der Waals surface area contributed by atoms with Gasteiger partial charge in [0.2, 0.25) is 5.91 Å². The Labute approximate surface area is 209 Å². The number of carbonyl (C=O) groups excluding carboxylic acids is 2. The largest absolute Gasteiger partial charge is 0.462 e. The number of carbonyl (C=O) groups is 2. The molecule has 13 heteroatoms. The van der Waals surface area contributed by atoms with E-state index in [2.05, 4.69) is 5.09 Å². The molecule has 1 fully saturated rings. The average molecular weight is 525 g/mol. The van der Waals surface area contributed by atoms with Crippen LogP contribution in [0.5, 0.6) is 5.75 Å². The van der Waals surface area contributed by atoms with E-state index in [4.69, 9.17) is 24.3 Å². The first-order valence-corrected chi connectivity index (χ1v) is 13.0. The predicted molar refractivity (Wildman–Crippen MR) is 128 cm³/mol. The van der Waals surface area contributed by atoms with Crippen molar-refractivity contribution in [3.8, 4) is 5.75 Å².